The Morgan fingerprint density at radius 2 is 2.14 bits per heavy atom. The summed E-state index contributed by atoms with van der Waals surface area (Å²) in [5, 5.41) is 8.49. The molecule has 1 aromatic heterocycles. The van der Waals surface area contributed by atoms with Crippen LogP contribution in [0.5, 0.6) is 0 Å². The molecule has 3 atom stereocenters. The van der Waals surface area contributed by atoms with Crippen molar-refractivity contribution in [1.29, 1.82) is 0 Å². The maximum Gasteiger partial charge on any atom is 0.0653 e. The average molecular weight is 283 g/mol. The van der Waals surface area contributed by atoms with E-state index in [1.807, 2.05) is 6.20 Å². The highest BCUT2D eigenvalue weighted by atomic mass is 16.5. The Hall–Kier alpha value is -1.39. The minimum absolute atomic E-state index is 0.689. The molecule has 4 heteroatoms. The number of piperidine rings is 1. The molecule has 2 aliphatic heterocycles. The van der Waals surface area contributed by atoms with Crippen molar-refractivity contribution in [2.45, 2.75) is 25.3 Å². The summed E-state index contributed by atoms with van der Waals surface area (Å²) in [6.45, 7) is 6.69. The molecule has 21 heavy (non-hydrogen) atoms. The Morgan fingerprint density at radius 3 is 2.90 bits per heavy atom. The zero-order valence-corrected chi connectivity index (χ0v) is 12.4. The van der Waals surface area contributed by atoms with Crippen LogP contribution >= 0.6 is 0 Å². The van der Waals surface area contributed by atoms with E-state index in [0.29, 0.717) is 6.04 Å². The fourth-order valence-electron chi connectivity index (χ4n) is 4.61. The van der Waals surface area contributed by atoms with Gasteiger partial charge >= 0.3 is 0 Å². The molecule has 4 nitrogen and oxygen atoms in total. The molecule has 2 unspecified atom stereocenters. The van der Waals surface area contributed by atoms with Crippen molar-refractivity contribution >= 4 is 10.9 Å². The normalized spacial score (nSPS) is 35.5. The SMILES string of the molecule is Cc1cc2cn[nH]c2cc1C1C2CN([C@H]3CCOC3)CC21. The van der Waals surface area contributed by atoms with E-state index in [-0.39, 0.29) is 0 Å². The number of fused-ring (bicyclic) bond motifs is 2. The maximum absolute atomic E-state index is 5.54. The monoisotopic (exact) mass is 283 g/mol. The molecule has 0 bridgehead atoms. The van der Waals surface area contributed by atoms with Gasteiger partial charge in [0.2, 0.25) is 0 Å². The van der Waals surface area contributed by atoms with Gasteiger partial charge in [-0.25, -0.2) is 0 Å². The van der Waals surface area contributed by atoms with Gasteiger partial charge < -0.3 is 4.74 Å². The van der Waals surface area contributed by atoms with Gasteiger partial charge in [-0.3, -0.25) is 10.00 Å². The fourth-order valence-corrected chi connectivity index (χ4v) is 4.61. The van der Waals surface area contributed by atoms with Gasteiger partial charge in [0, 0.05) is 31.1 Å². The van der Waals surface area contributed by atoms with Crippen molar-refractivity contribution in [3.8, 4) is 0 Å². The Balaban J connectivity index is 1.37. The lowest BCUT2D eigenvalue weighted by atomic mass is 9.99. The highest BCUT2D eigenvalue weighted by molar-refractivity contribution is 5.80. The second-order valence-electron chi connectivity index (χ2n) is 6.99. The summed E-state index contributed by atoms with van der Waals surface area (Å²) in [5.41, 5.74) is 4.16. The predicted molar refractivity (Wildman–Crippen MR) is 81.3 cm³/mol. The molecule has 5 rings (SSSR count). The molecule has 3 fully saturated rings. The Morgan fingerprint density at radius 1 is 1.29 bits per heavy atom. The summed E-state index contributed by atoms with van der Waals surface area (Å²) in [5.74, 6) is 2.51. The summed E-state index contributed by atoms with van der Waals surface area (Å²) >= 11 is 0. The average Bonchev–Trinajstić information content (AvgIpc) is 3.01. The third kappa shape index (κ3) is 1.79. The molecule has 110 valence electrons. The van der Waals surface area contributed by atoms with Crippen molar-refractivity contribution in [2.75, 3.05) is 26.3 Å². The van der Waals surface area contributed by atoms with Gasteiger partial charge in [0.1, 0.15) is 0 Å². The number of aromatic amines is 1. The van der Waals surface area contributed by atoms with Crippen molar-refractivity contribution in [2.24, 2.45) is 11.8 Å². The van der Waals surface area contributed by atoms with E-state index >= 15 is 0 Å². The number of hydrogen-bond acceptors (Lipinski definition) is 3. The van der Waals surface area contributed by atoms with Crippen LogP contribution in [0.1, 0.15) is 23.5 Å². The summed E-state index contributed by atoms with van der Waals surface area (Å²) in [7, 11) is 0. The van der Waals surface area contributed by atoms with E-state index in [1.54, 1.807) is 5.56 Å². The second-order valence-corrected chi connectivity index (χ2v) is 6.99. The number of benzene rings is 1. The molecule has 1 aliphatic carbocycles. The number of rotatable bonds is 2. The first kappa shape index (κ1) is 12.2. The summed E-state index contributed by atoms with van der Waals surface area (Å²) in [4.78, 5) is 2.67. The van der Waals surface area contributed by atoms with Crippen LogP contribution in [0.2, 0.25) is 0 Å². The van der Waals surface area contributed by atoms with Gasteiger partial charge in [0.25, 0.3) is 0 Å². The molecule has 0 radical (unpaired) electrons. The maximum atomic E-state index is 5.54. The molecular weight excluding hydrogens is 262 g/mol. The van der Waals surface area contributed by atoms with Gasteiger partial charge in [-0.05, 0) is 54.4 Å². The zero-order valence-electron chi connectivity index (χ0n) is 12.4. The van der Waals surface area contributed by atoms with Crippen molar-refractivity contribution in [1.82, 2.24) is 15.1 Å². The van der Waals surface area contributed by atoms with Gasteiger partial charge in [0.05, 0.1) is 18.3 Å². The van der Waals surface area contributed by atoms with E-state index in [0.717, 1.165) is 31.0 Å². The molecule has 3 heterocycles. The first-order valence-electron chi connectivity index (χ1n) is 8.06. The van der Waals surface area contributed by atoms with Crippen LogP contribution in [0.25, 0.3) is 10.9 Å². The Labute approximate surface area is 124 Å². The van der Waals surface area contributed by atoms with E-state index in [4.69, 9.17) is 4.74 Å². The second kappa shape index (κ2) is 4.31. The van der Waals surface area contributed by atoms with E-state index in [2.05, 4.69) is 34.2 Å². The van der Waals surface area contributed by atoms with Crippen LogP contribution in [0.15, 0.2) is 18.3 Å². The van der Waals surface area contributed by atoms with Crippen molar-refractivity contribution in [3.63, 3.8) is 0 Å². The largest absolute Gasteiger partial charge is 0.380 e. The summed E-state index contributed by atoms with van der Waals surface area (Å²) in [6.07, 6.45) is 3.14. The molecule has 1 aromatic carbocycles. The van der Waals surface area contributed by atoms with Crippen LogP contribution in [-0.2, 0) is 4.74 Å². The molecular formula is C17H21N3O. The number of H-pyrrole nitrogens is 1. The third-order valence-electron chi connectivity index (χ3n) is 5.83. The molecule has 1 N–H and O–H groups in total. The number of hydrogen-bond donors (Lipinski definition) is 1. The lowest BCUT2D eigenvalue weighted by molar-refractivity contribution is 0.151. The minimum Gasteiger partial charge on any atom is -0.380 e. The molecule has 3 aliphatic rings. The third-order valence-corrected chi connectivity index (χ3v) is 5.83. The lowest BCUT2D eigenvalue weighted by Crippen LogP contribution is -2.35. The molecule has 0 amide bonds. The highest BCUT2D eigenvalue weighted by Crippen LogP contribution is 2.59. The number of nitrogens with one attached hydrogen (secondary N) is 1. The van der Waals surface area contributed by atoms with Crippen LogP contribution in [0, 0.1) is 18.8 Å². The van der Waals surface area contributed by atoms with Gasteiger partial charge in [-0.1, -0.05) is 0 Å². The zero-order chi connectivity index (χ0) is 14.0. The van der Waals surface area contributed by atoms with Crippen molar-refractivity contribution in [3.05, 3.63) is 29.5 Å². The first-order valence-corrected chi connectivity index (χ1v) is 8.06. The van der Waals surface area contributed by atoms with Gasteiger partial charge in [-0.15, -0.1) is 0 Å². The Kier molecular flexibility index (Phi) is 2.50. The number of ether oxygens (including phenoxy) is 1. The van der Waals surface area contributed by atoms with E-state index in [1.165, 1.54) is 36.0 Å². The molecule has 2 aromatic rings. The summed E-state index contributed by atoms with van der Waals surface area (Å²) in [6, 6.07) is 5.31. The topological polar surface area (TPSA) is 41.2 Å². The molecule has 2 saturated heterocycles. The van der Waals surface area contributed by atoms with E-state index in [9.17, 15) is 0 Å². The van der Waals surface area contributed by atoms with Gasteiger partial charge in [0.15, 0.2) is 0 Å². The number of likely N-dealkylation sites (tertiary alicyclic amines) is 1. The van der Waals surface area contributed by atoms with Crippen LogP contribution < -0.4 is 0 Å². The number of aryl methyl sites for hydroxylation is 1. The first-order chi connectivity index (χ1) is 10.3. The molecule has 1 saturated carbocycles. The minimum atomic E-state index is 0.689. The smallest absolute Gasteiger partial charge is 0.0653 e. The van der Waals surface area contributed by atoms with Crippen LogP contribution in [0.4, 0.5) is 0 Å². The number of aromatic nitrogens is 2. The van der Waals surface area contributed by atoms with Crippen LogP contribution in [-0.4, -0.2) is 47.4 Å². The van der Waals surface area contributed by atoms with Gasteiger partial charge in [-0.2, -0.15) is 5.10 Å². The lowest BCUT2D eigenvalue weighted by Gasteiger charge is -2.25. The highest BCUT2D eigenvalue weighted by Gasteiger charge is 2.57. The molecule has 0 spiro atoms. The fraction of sp³-hybridized carbons (Fsp3) is 0.588. The summed E-state index contributed by atoms with van der Waals surface area (Å²) < 4.78 is 5.54. The quantitative estimate of drug-likeness (QED) is 0.919. The van der Waals surface area contributed by atoms with Crippen molar-refractivity contribution < 1.29 is 4.74 Å². The van der Waals surface area contributed by atoms with E-state index < -0.39 is 0 Å². The Bertz CT molecular complexity index is 676. The number of nitrogens with zero attached hydrogens (tertiary/aromatic N) is 2. The van der Waals surface area contributed by atoms with Crippen LogP contribution in [0.3, 0.4) is 0 Å². The standard InChI is InChI=1S/C17H21N3O/c1-10-4-11-6-18-19-16(11)5-13(10)17-14-7-20(8-15(14)17)12-2-3-21-9-12/h4-6,12,14-15,17H,2-3,7-9H2,1H3,(H,18,19)/t12-,14?,15?,17?/m0/s1. The predicted octanol–water partition coefficient (Wildman–Crippen LogP) is 2.31.